The summed E-state index contributed by atoms with van der Waals surface area (Å²) in [6, 6.07) is 16.7. The van der Waals surface area contributed by atoms with Crippen LogP contribution >= 0.6 is 0 Å². The third kappa shape index (κ3) is 3.24. The quantitative estimate of drug-likeness (QED) is 0.811. The molecule has 1 saturated heterocycles. The van der Waals surface area contributed by atoms with Crippen LogP contribution in [0.15, 0.2) is 48.5 Å². The number of benzene rings is 2. The monoisotopic (exact) mass is 392 g/mol. The Morgan fingerprint density at radius 3 is 2.83 bits per heavy atom. The topological polar surface area (TPSA) is 55.8 Å². The van der Waals surface area contributed by atoms with E-state index in [0.29, 0.717) is 25.0 Å². The van der Waals surface area contributed by atoms with Crippen molar-refractivity contribution in [1.29, 1.82) is 0 Å². The number of aryl methyl sites for hydroxylation is 1. The summed E-state index contributed by atoms with van der Waals surface area (Å²) in [7, 11) is 0. The summed E-state index contributed by atoms with van der Waals surface area (Å²) >= 11 is 0. The van der Waals surface area contributed by atoms with Gasteiger partial charge >= 0.3 is 5.97 Å². The molecule has 2 fully saturated rings. The molecule has 0 bridgehead atoms. The molecule has 3 aliphatic rings. The number of fused-ring (bicyclic) bond motifs is 5. The van der Waals surface area contributed by atoms with E-state index in [1.807, 2.05) is 18.2 Å². The maximum absolute atomic E-state index is 11.9. The van der Waals surface area contributed by atoms with E-state index < -0.39 is 5.97 Å². The van der Waals surface area contributed by atoms with Crippen molar-refractivity contribution in [2.75, 3.05) is 6.61 Å². The van der Waals surface area contributed by atoms with E-state index in [0.717, 1.165) is 37.0 Å². The molecule has 4 nitrogen and oxygen atoms in total. The van der Waals surface area contributed by atoms with Gasteiger partial charge < -0.3 is 14.6 Å². The molecule has 5 rings (SSSR count). The van der Waals surface area contributed by atoms with Crippen molar-refractivity contribution in [3.05, 3.63) is 65.2 Å². The fourth-order valence-electron chi connectivity index (χ4n) is 6.11. The van der Waals surface area contributed by atoms with Gasteiger partial charge in [-0.3, -0.25) is 4.79 Å². The van der Waals surface area contributed by atoms with Crippen molar-refractivity contribution in [1.82, 2.24) is 0 Å². The van der Waals surface area contributed by atoms with Crippen LogP contribution in [0, 0.1) is 17.8 Å². The number of aliphatic carboxylic acids is 1. The number of ether oxygens (including phenoxy) is 2. The lowest BCUT2D eigenvalue weighted by molar-refractivity contribution is -0.144. The lowest BCUT2D eigenvalue weighted by Gasteiger charge is -2.48. The predicted molar refractivity (Wildman–Crippen MR) is 110 cm³/mol. The van der Waals surface area contributed by atoms with Gasteiger partial charge in [0.25, 0.3) is 0 Å². The van der Waals surface area contributed by atoms with Gasteiger partial charge in [0, 0.05) is 5.92 Å². The van der Waals surface area contributed by atoms with Crippen molar-refractivity contribution in [3.8, 4) is 5.75 Å². The first-order valence-electron chi connectivity index (χ1n) is 10.7. The standard InChI is InChI=1S/C25H28O4/c1-25-12-11-20-19-10-8-18(28-14-16-5-3-2-4-6-16)13-17(19)7-9-21(20)23(25)22(15-29-25)24(26)27/h2-6,8,10,13,20-23H,7,9,11-12,14-15H2,1H3,(H,26,27)/t20-,21-,22?,23-,25+/m1/s1. The zero-order valence-corrected chi connectivity index (χ0v) is 16.8. The summed E-state index contributed by atoms with van der Waals surface area (Å²) in [6.07, 6.45) is 4.03. The van der Waals surface area contributed by atoms with Gasteiger partial charge in [0.1, 0.15) is 12.4 Å². The summed E-state index contributed by atoms with van der Waals surface area (Å²) in [5.74, 6) is 0.780. The fourth-order valence-corrected chi connectivity index (χ4v) is 6.11. The Kier molecular flexibility index (Phi) is 4.62. The van der Waals surface area contributed by atoms with Gasteiger partial charge in [-0.25, -0.2) is 0 Å². The molecule has 2 aliphatic carbocycles. The Balaban J connectivity index is 1.37. The van der Waals surface area contributed by atoms with Crippen LogP contribution in [0.5, 0.6) is 5.75 Å². The van der Waals surface area contributed by atoms with Gasteiger partial charge in [-0.15, -0.1) is 0 Å². The van der Waals surface area contributed by atoms with Crippen LogP contribution in [-0.4, -0.2) is 23.3 Å². The Morgan fingerprint density at radius 1 is 1.21 bits per heavy atom. The van der Waals surface area contributed by atoms with Crippen molar-refractivity contribution >= 4 is 5.97 Å². The molecule has 0 aromatic heterocycles. The Morgan fingerprint density at radius 2 is 2.03 bits per heavy atom. The SMILES string of the molecule is C[C@]12CC[C@@H]3c4ccc(OCc5ccccc5)cc4CC[C@H]3[C@@H]1C(C(=O)O)CO2. The number of carbonyl (C=O) groups is 1. The van der Waals surface area contributed by atoms with E-state index in [-0.39, 0.29) is 17.4 Å². The number of hydrogen-bond acceptors (Lipinski definition) is 3. The summed E-state index contributed by atoms with van der Waals surface area (Å²) in [5, 5.41) is 9.75. The maximum Gasteiger partial charge on any atom is 0.309 e. The van der Waals surface area contributed by atoms with Crippen molar-refractivity contribution in [2.24, 2.45) is 17.8 Å². The Labute approximate surface area is 171 Å². The highest BCUT2D eigenvalue weighted by Crippen LogP contribution is 2.57. The van der Waals surface area contributed by atoms with Crippen LogP contribution in [0.25, 0.3) is 0 Å². The smallest absolute Gasteiger partial charge is 0.309 e. The highest BCUT2D eigenvalue weighted by atomic mass is 16.5. The third-order valence-corrected chi connectivity index (χ3v) is 7.49. The molecular weight excluding hydrogens is 364 g/mol. The molecule has 2 aromatic carbocycles. The Hall–Kier alpha value is -2.33. The first-order valence-corrected chi connectivity index (χ1v) is 10.7. The number of rotatable bonds is 4. The molecule has 1 heterocycles. The highest BCUT2D eigenvalue weighted by molar-refractivity contribution is 5.71. The van der Waals surface area contributed by atoms with Crippen LogP contribution in [-0.2, 0) is 22.6 Å². The van der Waals surface area contributed by atoms with E-state index in [1.54, 1.807) is 0 Å². The molecule has 2 aromatic rings. The summed E-state index contributed by atoms with van der Waals surface area (Å²) in [5.41, 5.74) is 3.65. The summed E-state index contributed by atoms with van der Waals surface area (Å²) < 4.78 is 12.1. The zero-order valence-electron chi connectivity index (χ0n) is 16.8. The third-order valence-electron chi connectivity index (χ3n) is 7.49. The highest BCUT2D eigenvalue weighted by Gasteiger charge is 2.57. The first-order chi connectivity index (χ1) is 14.0. The van der Waals surface area contributed by atoms with Crippen LogP contribution in [0.4, 0.5) is 0 Å². The van der Waals surface area contributed by atoms with Crippen LogP contribution in [0.3, 0.4) is 0 Å². The summed E-state index contributed by atoms with van der Waals surface area (Å²) in [4.78, 5) is 11.9. The Bertz CT molecular complexity index is 908. The molecule has 1 aliphatic heterocycles. The average Bonchev–Trinajstić information content (AvgIpc) is 3.10. The molecular formula is C25H28O4. The van der Waals surface area contributed by atoms with Gasteiger partial charge in [-0.2, -0.15) is 0 Å². The lowest BCUT2D eigenvalue weighted by Crippen LogP contribution is -2.47. The largest absolute Gasteiger partial charge is 0.489 e. The molecule has 0 spiro atoms. The van der Waals surface area contributed by atoms with E-state index in [4.69, 9.17) is 9.47 Å². The van der Waals surface area contributed by atoms with E-state index in [1.165, 1.54) is 11.1 Å². The summed E-state index contributed by atoms with van der Waals surface area (Å²) in [6.45, 7) is 3.06. The molecule has 1 unspecified atom stereocenters. The van der Waals surface area contributed by atoms with Crippen molar-refractivity contribution in [3.63, 3.8) is 0 Å². The zero-order chi connectivity index (χ0) is 20.0. The molecule has 1 saturated carbocycles. The number of hydrogen-bond donors (Lipinski definition) is 1. The fraction of sp³-hybridized carbons (Fsp3) is 0.480. The molecule has 0 radical (unpaired) electrons. The van der Waals surface area contributed by atoms with Crippen LogP contribution in [0.1, 0.15) is 48.8 Å². The van der Waals surface area contributed by atoms with Gasteiger partial charge in [-0.1, -0.05) is 36.4 Å². The molecule has 5 atom stereocenters. The van der Waals surface area contributed by atoms with Gasteiger partial charge in [0.2, 0.25) is 0 Å². The average molecular weight is 392 g/mol. The molecule has 152 valence electrons. The molecule has 4 heteroatoms. The second-order valence-electron chi connectivity index (χ2n) is 9.08. The molecule has 1 N–H and O–H groups in total. The number of carboxylic acid groups (broad SMARTS) is 1. The van der Waals surface area contributed by atoms with Gasteiger partial charge in [0.15, 0.2) is 0 Å². The van der Waals surface area contributed by atoms with E-state index >= 15 is 0 Å². The molecule has 29 heavy (non-hydrogen) atoms. The van der Waals surface area contributed by atoms with E-state index in [9.17, 15) is 9.90 Å². The van der Waals surface area contributed by atoms with E-state index in [2.05, 4.69) is 37.3 Å². The molecule has 0 amide bonds. The predicted octanol–water partition coefficient (Wildman–Crippen LogP) is 4.81. The minimum absolute atomic E-state index is 0.112. The minimum atomic E-state index is -0.699. The maximum atomic E-state index is 11.9. The van der Waals surface area contributed by atoms with Crippen molar-refractivity contribution < 1.29 is 19.4 Å². The van der Waals surface area contributed by atoms with Crippen LogP contribution < -0.4 is 4.74 Å². The number of carboxylic acids is 1. The van der Waals surface area contributed by atoms with Gasteiger partial charge in [-0.05, 0) is 73.3 Å². The van der Waals surface area contributed by atoms with Gasteiger partial charge in [0.05, 0.1) is 18.1 Å². The second-order valence-corrected chi connectivity index (χ2v) is 9.08. The van der Waals surface area contributed by atoms with Crippen LogP contribution in [0.2, 0.25) is 0 Å². The normalized spacial score (nSPS) is 32.7. The lowest BCUT2D eigenvalue weighted by atomic mass is 9.57. The van der Waals surface area contributed by atoms with Crippen molar-refractivity contribution in [2.45, 2.75) is 50.7 Å². The second kappa shape index (κ2) is 7.17. The minimum Gasteiger partial charge on any atom is -0.489 e. The first kappa shape index (κ1) is 18.7.